The van der Waals surface area contributed by atoms with Gasteiger partial charge in [-0.25, -0.2) is 0 Å². The summed E-state index contributed by atoms with van der Waals surface area (Å²) in [6.45, 7) is 6.35. The molecule has 2 aliphatic heterocycles. The molecule has 0 aromatic rings. The number of piperidine rings is 1. The second-order valence-electron chi connectivity index (χ2n) is 6.82. The van der Waals surface area contributed by atoms with Gasteiger partial charge in [0, 0.05) is 18.1 Å². The van der Waals surface area contributed by atoms with Crippen molar-refractivity contribution in [3.8, 4) is 0 Å². The molecule has 0 aromatic carbocycles. The maximum absolute atomic E-state index is 3.78. The van der Waals surface area contributed by atoms with Crippen LogP contribution in [-0.4, -0.2) is 36.1 Å². The summed E-state index contributed by atoms with van der Waals surface area (Å²) in [7, 11) is 0. The van der Waals surface area contributed by atoms with Crippen molar-refractivity contribution in [3.05, 3.63) is 0 Å². The molecular weight excluding hydrogens is 208 g/mol. The van der Waals surface area contributed by atoms with Crippen molar-refractivity contribution in [3.63, 3.8) is 0 Å². The van der Waals surface area contributed by atoms with Gasteiger partial charge in [0.1, 0.15) is 0 Å². The third kappa shape index (κ3) is 2.53. The Morgan fingerprint density at radius 2 is 2.00 bits per heavy atom. The summed E-state index contributed by atoms with van der Waals surface area (Å²) < 4.78 is 0. The van der Waals surface area contributed by atoms with Crippen molar-refractivity contribution in [1.82, 2.24) is 10.2 Å². The van der Waals surface area contributed by atoms with Crippen molar-refractivity contribution in [2.75, 3.05) is 19.6 Å². The molecule has 2 heterocycles. The van der Waals surface area contributed by atoms with Crippen LogP contribution in [0.4, 0.5) is 0 Å². The Balaban J connectivity index is 1.61. The van der Waals surface area contributed by atoms with Crippen LogP contribution < -0.4 is 5.32 Å². The lowest BCUT2D eigenvalue weighted by Gasteiger charge is -2.41. The predicted molar refractivity (Wildman–Crippen MR) is 72.2 cm³/mol. The molecule has 3 aliphatic rings. The molecule has 3 unspecified atom stereocenters. The minimum Gasteiger partial charge on any atom is -0.310 e. The van der Waals surface area contributed by atoms with Gasteiger partial charge < -0.3 is 5.32 Å². The number of fused-ring (bicyclic) bond motifs is 1. The molecule has 0 spiro atoms. The summed E-state index contributed by atoms with van der Waals surface area (Å²) in [4.78, 5) is 2.82. The summed E-state index contributed by atoms with van der Waals surface area (Å²) in [5.41, 5.74) is 0.407. The number of likely N-dealkylation sites (tertiary alicyclic amines) is 1. The normalized spacial score (nSPS) is 43.6. The van der Waals surface area contributed by atoms with Crippen LogP contribution in [0.25, 0.3) is 0 Å². The number of rotatable bonds is 2. The molecule has 17 heavy (non-hydrogen) atoms. The highest BCUT2D eigenvalue weighted by atomic mass is 15.2. The second-order valence-corrected chi connectivity index (χ2v) is 6.82. The molecule has 3 rings (SSSR count). The molecule has 3 atom stereocenters. The van der Waals surface area contributed by atoms with Crippen molar-refractivity contribution >= 4 is 0 Å². The molecule has 0 amide bonds. The van der Waals surface area contributed by atoms with Crippen molar-refractivity contribution < 1.29 is 0 Å². The van der Waals surface area contributed by atoms with Gasteiger partial charge in [-0.2, -0.15) is 0 Å². The molecule has 98 valence electrons. The van der Waals surface area contributed by atoms with Crippen LogP contribution in [0.2, 0.25) is 0 Å². The first-order valence-corrected chi connectivity index (χ1v) is 7.76. The van der Waals surface area contributed by atoms with Gasteiger partial charge in [0.15, 0.2) is 0 Å². The lowest BCUT2D eigenvalue weighted by atomic mass is 9.84. The van der Waals surface area contributed by atoms with E-state index in [1.165, 1.54) is 71.0 Å². The monoisotopic (exact) mass is 236 g/mol. The zero-order valence-corrected chi connectivity index (χ0v) is 11.4. The quantitative estimate of drug-likeness (QED) is 0.793. The summed E-state index contributed by atoms with van der Waals surface area (Å²) in [5, 5.41) is 3.78. The number of nitrogens with one attached hydrogen (secondary N) is 1. The zero-order valence-electron chi connectivity index (χ0n) is 11.4. The largest absolute Gasteiger partial charge is 0.310 e. The van der Waals surface area contributed by atoms with E-state index in [1.54, 1.807) is 0 Å². The Bertz CT molecular complexity index is 258. The van der Waals surface area contributed by atoms with Crippen LogP contribution in [0.5, 0.6) is 0 Å². The molecule has 1 saturated carbocycles. The minimum atomic E-state index is 0.407. The van der Waals surface area contributed by atoms with Crippen molar-refractivity contribution in [2.45, 2.75) is 69.9 Å². The fourth-order valence-electron chi connectivity index (χ4n) is 4.40. The van der Waals surface area contributed by atoms with Crippen molar-refractivity contribution in [1.29, 1.82) is 0 Å². The summed E-state index contributed by atoms with van der Waals surface area (Å²) in [5.74, 6) is 1.04. The lowest BCUT2D eigenvalue weighted by molar-refractivity contribution is 0.123. The van der Waals surface area contributed by atoms with Gasteiger partial charge in [0.2, 0.25) is 0 Å². The fourth-order valence-corrected chi connectivity index (χ4v) is 4.40. The van der Waals surface area contributed by atoms with E-state index in [0.717, 1.165) is 12.0 Å². The molecule has 0 radical (unpaired) electrons. The summed E-state index contributed by atoms with van der Waals surface area (Å²) in [6.07, 6.45) is 11.6. The molecule has 1 N–H and O–H groups in total. The van der Waals surface area contributed by atoms with Gasteiger partial charge in [0.05, 0.1) is 0 Å². The number of nitrogens with zero attached hydrogens (tertiary/aromatic N) is 1. The Kier molecular flexibility index (Phi) is 3.45. The Hall–Kier alpha value is -0.0800. The van der Waals surface area contributed by atoms with Crippen molar-refractivity contribution in [2.24, 2.45) is 5.92 Å². The first kappa shape index (κ1) is 12.0. The van der Waals surface area contributed by atoms with E-state index >= 15 is 0 Å². The van der Waals surface area contributed by atoms with Crippen LogP contribution in [0.1, 0.15) is 58.3 Å². The van der Waals surface area contributed by atoms with Crippen LogP contribution in [0.3, 0.4) is 0 Å². The highest BCUT2D eigenvalue weighted by molar-refractivity contribution is 4.96. The van der Waals surface area contributed by atoms with E-state index in [-0.39, 0.29) is 0 Å². The molecule has 2 nitrogen and oxygen atoms in total. The lowest BCUT2D eigenvalue weighted by Crippen LogP contribution is -2.55. The molecular formula is C15H28N2. The van der Waals surface area contributed by atoms with Gasteiger partial charge in [-0.05, 0) is 58.0 Å². The highest BCUT2D eigenvalue weighted by Crippen LogP contribution is 2.37. The summed E-state index contributed by atoms with van der Waals surface area (Å²) in [6, 6.07) is 0.935. The van der Waals surface area contributed by atoms with Gasteiger partial charge in [0.25, 0.3) is 0 Å². The average Bonchev–Trinajstić information content (AvgIpc) is 2.73. The smallest absolute Gasteiger partial charge is 0.0280 e. The van der Waals surface area contributed by atoms with E-state index in [9.17, 15) is 0 Å². The first-order chi connectivity index (χ1) is 8.27. The third-order valence-corrected chi connectivity index (χ3v) is 5.38. The van der Waals surface area contributed by atoms with Gasteiger partial charge in [-0.3, -0.25) is 4.90 Å². The van der Waals surface area contributed by atoms with E-state index in [4.69, 9.17) is 0 Å². The summed E-state index contributed by atoms with van der Waals surface area (Å²) >= 11 is 0. The van der Waals surface area contributed by atoms with Gasteiger partial charge in [-0.1, -0.05) is 19.3 Å². The topological polar surface area (TPSA) is 15.3 Å². The SMILES string of the molecule is CC1(CN2CCC3CCCCC32)CCCCN1. The van der Waals surface area contributed by atoms with E-state index in [2.05, 4.69) is 17.1 Å². The Morgan fingerprint density at radius 3 is 2.82 bits per heavy atom. The van der Waals surface area contributed by atoms with Crippen LogP contribution in [0, 0.1) is 5.92 Å². The van der Waals surface area contributed by atoms with E-state index in [0.29, 0.717) is 5.54 Å². The fraction of sp³-hybridized carbons (Fsp3) is 1.00. The van der Waals surface area contributed by atoms with Gasteiger partial charge in [-0.15, -0.1) is 0 Å². The highest BCUT2D eigenvalue weighted by Gasteiger charge is 2.39. The Morgan fingerprint density at radius 1 is 1.12 bits per heavy atom. The van der Waals surface area contributed by atoms with Crippen LogP contribution in [-0.2, 0) is 0 Å². The zero-order chi connectivity index (χ0) is 11.7. The molecule has 3 fully saturated rings. The molecule has 0 bridgehead atoms. The maximum atomic E-state index is 3.78. The van der Waals surface area contributed by atoms with Crippen LogP contribution >= 0.6 is 0 Å². The number of hydrogen-bond acceptors (Lipinski definition) is 2. The molecule has 2 heteroatoms. The molecule has 0 aromatic heterocycles. The van der Waals surface area contributed by atoms with E-state index < -0.39 is 0 Å². The predicted octanol–water partition coefficient (Wildman–Crippen LogP) is 2.78. The number of hydrogen-bond donors (Lipinski definition) is 1. The van der Waals surface area contributed by atoms with Gasteiger partial charge >= 0.3 is 0 Å². The van der Waals surface area contributed by atoms with E-state index in [1.807, 2.05) is 0 Å². The molecule has 2 saturated heterocycles. The van der Waals surface area contributed by atoms with Crippen LogP contribution in [0.15, 0.2) is 0 Å². The first-order valence-electron chi connectivity index (χ1n) is 7.76. The standard InChI is InChI=1S/C15H28N2/c1-15(9-4-5-10-16-15)12-17-11-8-13-6-2-3-7-14(13)17/h13-14,16H,2-12H2,1H3. The maximum Gasteiger partial charge on any atom is 0.0280 e. The molecule has 1 aliphatic carbocycles. The minimum absolute atomic E-state index is 0.407. The second kappa shape index (κ2) is 4.89. The third-order valence-electron chi connectivity index (χ3n) is 5.38. The Labute approximate surface area is 106 Å². The average molecular weight is 236 g/mol.